The SMILES string of the molecule is CCCCS.CCOC(=O)CCSc1ncc(Cl)nc1N.Fc1nccc(I)c1Cl.Fc1ncccc1Cl.Nc1[c-]ncc(Cl)n1.Nc1cncc(Cl)n1.Nc1nc(Cl)cnc1Br.Nc1nc(Cl)cnc1Sc1ccnc(N)c1Cl.Nc1nccc(I)c1Cl.O=C=O.[B]=NS.[Na+].[SH-]. The van der Waals surface area contributed by atoms with Crippen LogP contribution in [0.3, 0.4) is 0 Å². The molecule has 0 unspecified atom stereocenters. The number of nitrogens with two attached hydrogens (primary N) is 7. The number of aromatic nitrogens is 14. The maximum Gasteiger partial charge on any atom is 1.00 e. The van der Waals surface area contributed by atoms with Gasteiger partial charge in [0, 0.05) is 48.4 Å². The summed E-state index contributed by atoms with van der Waals surface area (Å²) in [5, 5.41) is 3.58. The molecule has 0 atom stereocenters. The maximum atomic E-state index is 12.3. The molecule has 9 aromatic heterocycles. The maximum absolute atomic E-state index is 12.3. The second-order valence-corrected chi connectivity index (χ2v) is 24.4. The fourth-order valence-corrected chi connectivity index (χ4v) is 8.60. The van der Waals surface area contributed by atoms with Crippen LogP contribution < -0.4 is 69.7 Å². The Morgan fingerprint density at radius 1 is 0.660 bits per heavy atom. The summed E-state index contributed by atoms with van der Waals surface area (Å²) in [6.45, 7) is 4.33. The van der Waals surface area contributed by atoms with Gasteiger partial charge < -0.3 is 63.4 Å². The van der Waals surface area contributed by atoms with Gasteiger partial charge in [0.25, 0.3) is 0 Å². The van der Waals surface area contributed by atoms with Crippen molar-refractivity contribution in [2.45, 2.75) is 48.1 Å². The number of halogens is 14. The third-order valence-electron chi connectivity index (χ3n) is 8.23. The molecule has 9 aromatic rings. The molecular weight excluding hydrogens is 1860 g/mol. The average molecular weight is 1910 g/mol. The van der Waals surface area contributed by atoms with E-state index in [1.54, 1.807) is 43.6 Å². The van der Waals surface area contributed by atoms with Crippen molar-refractivity contribution in [3.05, 3.63) is 168 Å². The van der Waals surface area contributed by atoms with Crippen LogP contribution in [0.25, 0.3) is 0 Å². The number of nitrogens with zero attached hydrogens (tertiary/aromatic N) is 15. The van der Waals surface area contributed by atoms with Crippen molar-refractivity contribution in [1.82, 2.24) is 69.8 Å². The molecule has 0 saturated heterocycles. The number of thioether (sulfide) groups is 1. The Morgan fingerprint density at radius 3 is 1.53 bits per heavy atom. The summed E-state index contributed by atoms with van der Waals surface area (Å²) < 4.78 is 34.0. The van der Waals surface area contributed by atoms with Crippen molar-refractivity contribution in [3.63, 3.8) is 0 Å². The molecule has 0 fully saturated rings. The van der Waals surface area contributed by atoms with Crippen LogP contribution >= 0.6 is 214 Å². The summed E-state index contributed by atoms with van der Waals surface area (Å²) in [4.78, 5) is 80.0. The Morgan fingerprint density at radius 2 is 1.14 bits per heavy atom. The molecule has 517 valence electrons. The normalized spacial score (nSPS) is 9.08. The Balaban J connectivity index is -0.000000505. The van der Waals surface area contributed by atoms with Gasteiger partial charge in [-0.25, -0.2) is 54.8 Å². The van der Waals surface area contributed by atoms with E-state index >= 15 is 0 Å². The number of carbonyl (C=O) groups is 1. The van der Waals surface area contributed by atoms with Crippen LogP contribution in [0, 0.1) is 25.2 Å². The van der Waals surface area contributed by atoms with Gasteiger partial charge >= 0.3 is 66.4 Å². The molecule has 0 amide bonds. The summed E-state index contributed by atoms with van der Waals surface area (Å²) in [5.74, 6) is 2.19. The fraction of sp³-hybridized carbons (Fsp3) is 0.160. The molecule has 1 radical (unpaired) electrons. The second kappa shape index (κ2) is 61.2. The molecular formula is C50H50BBrCl9F2I2N22NaO4S5-. The van der Waals surface area contributed by atoms with E-state index < -0.39 is 11.9 Å². The van der Waals surface area contributed by atoms with E-state index in [1.165, 1.54) is 92.0 Å². The van der Waals surface area contributed by atoms with Crippen molar-refractivity contribution < 1.29 is 57.5 Å². The number of anilines is 7. The zero-order valence-electron chi connectivity index (χ0n) is 49.8. The number of carbonyl (C=O) groups excluding carboxylic acids is 3. The quantitative estimate of drug-likeness (QED) is 0.00947. The van der Waals surface area contributed by atoms with E-state index in [4.69, 9.17) is 159 Å². The zero-order chi connectivity index (χ0) is 72.4. The number of nitrogen functional groups attached to an aromatic ring is 7. The van der Waals surface area contributed by atoms with Gasteiger partial charge in [-0.05, 0) is 111 Å². The van der Waals surface area contributed by atoms with E-state index in [-0.39, 0.29) is 98.8 Å². The van der Waals surface area contributed by atoms with E-state index in [0.29, 0.717) is 84.9 Å². The summed E-state index contributed by atoms with van der Waals surface area (Å²) in [5.41, 5.74) is 37.9. The molecule has 0 saturated carbocycles. The van der Waals surface area contributed by atoms with Gasteiger partial charge in [0.15, 0.2) is 17.5 Å². The fourth-order valence-electron chi connectivity index (χ4n) is 4.42. The predicted octanol–water partition coefficient (Wildman–Crippen LogP) is 11.3. The number of rotatable bonds is 9. The van der Waals surface area contributed by atoms with Gasteiger partial charge in [-0.3, -0.25) is 14.8 Å². The first-order chi connectivity index (χ1) is 45.0. The van der Waals surface area contributed by atoms with Gasteiger partial charge in [0.2, 0.25) is 11.9 Å². The van der Waals surface area contributed by atoms with Crippen LogP contribution in [0.1, 0.15) is 33.1 Å². The van der Waals surface area contributed by atoms with Crippen LogP contribution in [0.5, 0.6) is 0 Å². The van der Waals surface area contributed by atoms with Crippen LogP contribution in [-0.2, 0) is 32.6 Å². The molecule has 0 aliphatic rings. The molecule has 26 nitrogen and oxygen atoms in total. The first kappa shape index (κ1) is 99.8. The third kappa shape index (κ3) is 49.7. The number of hydrogen-bond acceptors (Lipinski definition) is 31. The third-order valence-corrected chi connectivity index (χ3v) is 16.1. The van der Waals surface area contributed by atoms with Gasteiger partial charge in [-0.2, -0.15) is 31.0 Å². The van der Waals surface area contributed by atoms with Crippen LogP contribution in [0.15, 0.2) is 116 Å². The predicted molar refractivity (Wildman–Crippen MR) is 411 cm³/mol. The Bertz CT molecular complexity index is 3600. The summed E-state index contributed by atoms with van der Waals surface area (Å²) >= 11 is 66.8. The molecule has 9 heterocycles. The molecule has 0 spiro atoms. The van der Waals surface area contributed by atoms with E-state index in [1.807, 2.05) is 22.6 Å². The number of hydrogen-bond donors (Lipinski definition) is 9. The van der Waals surface area contributed by atoms with Gasteiger partial charge in [-0.1, -0.05) is 136 Å². The number of ether oxygens (including phenoxy) is 1. The molecule has 0 aliphatic heterocycles. The molecule has 14 N–H and O–H groups in total. The van der Waals surface area contributed by atoms with Crippen LogP contribution in [0.4, 0.5) is 49.5 Å². The summed E-state index contributed by atoms with van der Waals surface area (Å²) in [6.07, 6.45) is 19.9. The molecule has 97 heavy (non-hydrogen) atoms. The van der Waals surface area contributed by atoms with E-state index in [9.17, 15) is 13.6 Å². The average Bonchev–Trinajstić information content (AvgIpc) is 0.934. The molecule has 0 bridgehead atoms. The van der Waals surface area contributed by atoms with Crippen molar-refractivity contribution in [2.75, 3.05) is 58.2 Å². The minimum atomic E-state index is -0.617. The first-order valence-electron chi connectivity index (χ1n) is 24.6. The van der Waals surface area contributed by atoms with Gasteiger partial charge in [0.1, 0.15) is 57.7 Å². The molecule has 0 aliphatic carbocycles. The number of esters is 1. The van der Waals surface area contributed by atoms with Gasteiger partial charge in [-0.15, -0.1) is 18.0 Å². The van der Waals surface area contributed by atoms with Crippen molar-refractivity contribution >= 4 is 288 Å². The van der Waals surface area contributed by atoms with Crippen molar-refractivity contribution in [3.8, 4) is 0 Å². The monoisotopic (exact) mass is 1900 g/mol. The number of pyridine rings is 4. The molecule has 47 heteroatoms. The second-order valence-electron chi connectivity index (χ2n) is 15.0. The summed E-state index contributed by atoms with van der Waals surface area (Å²) in [7, 11) is 4.34. The number of thiol groups is 3. The standard InChI is InChI=1S/C9H7Cl2N5S.C9H12ClN3O2S.C5H2ClFIN.C5H3ClFN.C5H4ClIN2.C4H3BrClN3.C4H4ClN3.C4H3ClN3.C4H10S.CO2.BHNS.Na.H2S/c10-5-3-15-9(8(13)16-5)17-4-1-2-14-7(12)6(4)11;1-2-15-7(14)3-4-16-9-8(11)13-6(10)5-12-9;6-4-3(8)1-2-9-5(4)7;6-4-2-1-3-8-5(4)7;6-4-3(7)1-2-9-5(4)8;5-3-4(7)9-2(6)1-8-3;2*5-3-1-7-2-4(6)8-3;1-2-3-4-5;2-1-3;1-2-3;;/h1-3H,(H2,12,14)(H2,13,16);5H,2-4H2,1H3,(H2,11,13);1-2H;1-3H;1-2H,(H2,8,9);1H,(H2,7,9);1-2H,(H2,6,8);1H,(H2,6,8);5H,2-4H2,1H3;;3H;;1H2/q;;;;;;;-1;;;;+1;/p-1. The Labute approximate surface area is 685 Å². The Hall–Kier alpha value is -3.53. The van der Waals surface area contributed by atoms with E-state index in [2.05, 4.69) is 159 Å². The van der Waals surface area contributed by atoms with Crippen molar-refractivity contribution in [1.29, 1.82) is 0 Å². The molecule has 0 aromatic carbocycles. The Kier molecular flexibility index (Phi) is 63.0. The smallest absolute Gasteiger partial charge is 0.813 e. The largest absolute Gasteiger partial charge is 1.00 e. The first-order valence-corrected chi connectivity index (χ1v) is 33.8. The minimum absolute atomic E-state index is 0. The molecule has 9 rings (SSSR count). The van der Waals surface area contributed by atoms with Crippen LogP contribution in [-0.4, -0.2) is 108 Å². The summed E-state index contributed by atoms with van der Waals surface area (Å²) in [6, 6.07) is 8.19. The number of unbranched alkanes of at least 4 members (excludes halogenated alkanes) is 1. The topological polar surface area (TPSA) is 435 Å². The zero-order valence-corrected chi connectivity index (χ0v) is 68.8. The van der Waals surface area contributed by atoms with Gasteiger partial charge in [0.05, 0.1) is 64.2 Å². The van der Waals surface area contributed by atoms with E-state index in [0.717, 1.165) is 9.32 Å². The van der Waals surface area contributed by atoms with Crippen molar-refractivity contribution in [2.24, 2.45) is 4.30 Å². The minimum Gasteiger partial charge on any atom is -0.813 e. The van der Waals surface area contributed by atoms with Crippen LogP contribution in [0.2, 0.25) is 45.9 Å².